The second-order valence-electron chi connectivity index (χ2n) is 3.95. The van der Waals surface area contributed by atoms with Crippen molar-refractivity contribution >= 4 is 23.2 Å². The van der Waals surface area contributed by atoms with Gasteiger partial charge in [0.25, 0.3) is 0 Å². The summed E-state index contributed by atoms with van der Waals surface area (Å²) in [7, 11) is 1.65. The third-order valence-electron chi connectivity index (χ3n) is 2.71. The quantitative estimate of drug-likeness (QED) is 0.831. The van der Waals surface area contributed by atoms with E-state index < -0.39 is 5.69 Å². The average Bonchev–Trinajstić information content (AvgIpc) is 2.38. The van der Waals surface area contributed by atoms with Gasteiger partial charge in [0, 0.05) is 12.7 Å². The number of anilines is 2. The summed E-state index contributed by atoms with van der Waals surface area (Å²) >= 11 is 6.18. The van der Waals surface area contributed by atoms with Crippen molar-refractivity contribution in [1.29, 1.82) is 0 Å². The highest BCUT2D eigenvalue weighted by Gasteiger charge is 2.12. The van der Waals surface area contributed by atoms with Crippen LogP contribution in [-0.2, 0) is 6.42 Å². The Morgan fingerprint density at radius 1 is 1.47 bits per heavy atom. The smallest absolute Gasteiger partial charge is 0.356 e. The van der Waals surface area contributed by atoms with Crippen LogP contribution < -0.4 is 16.7 Å². The number of hydrogen-bond donors (Lipinski definition) is 2. The van der Waals surface area contributed by atoms with Gasteiger partial charge in [0.15, 0.2) is 0 Å². The Hall–Kier alpha value is -2.08. The summed E-state index contributed by atoms with van der Waals surface area (Å²) in [5.41, 5.74) is 7.31. The second kappa shape index (κ2) is 5.27. The molecule has 0 aliphatic rings. The molecule has 1 aromatic heterocycles. The molecule has 0 aliphatic heterocycles. The Kier molecular flexibility index (Phi) is 3.71. The van der Waals surface area contributed by atoms with Crippen LogP contribution in [0.25, 0.3) is 5.69 Å². The molecular formula is C12H14ClN5O. The maximum atomic E-state index is 12.0. The number of benzene rings is 1. The Balaban J connectivity index is 2.68. The van der Waals surface area contributed by atoms with Gasteiger partial charge in [0.05, 0.1) is 10.7 Å². The van der Waals surface area contributed by atoms with Crippen molar-refractivity contribution in [2.75, 3.05) is 18.1 Å². The molecule has 0 fully saturated rings. The molecule has 19 heavy (non-hydrogen) atoms. The molecule has 100 valence electrons. The lowest BCUT2D eigenvalue weighted by Crippen LogP contribution is -2.24. The van der Waals surface area contributed by atoms with Crippen LogP contribution in [0.5, 0.6) is 0 Å². The molecule has 0 saturated heterocycles. The number of nitrogen functional groups attached to an aromatic ring is 1. The van der Waals surface area contributed by atoms with Gasteiger partial charge in [-0.15, -0.1) is 0 Å². The number of rotatable bonds is 3. The maximum absolute atomic E-state index is 12.0. The van der Waals surface area contributed by atoms with Crippen molar-refractivity contribution < 1.29 is 0 Å². The molecule has 0 saturated carbocycles. The molecule has 1 aromatic carbocycles. The van der Waals surface area contributed by atoms with E-state index in [1.807, 2.05) is 6.92 Å². The van der Waals surface area contributed by atoms with Gasteiger partial charge in [0.2, 0.25) is 5.95 Å². The van der Waals surface area contributed by atoms with Crippen molar-refractivity contribution in [2.24, 2.45) is 0 Å². The molecule has 2 rings (SSSR count). The second-order valence-corrected chi connectivity index (χ2v) is 4.35. The Morgan fingerprint density at radius 3 is 2.79 bits per heavy atom. The van der Waals surface area contributed by atoms with Crippen LogP contribution in [0.4, 0.5) is 11.6 Å². The molecule has 7 heteroatoms. The standard InChI is InChI=1S/C12H14ClN5O/c1-3-7-4-8(14)5-9(13)10(7)18-6-16-11(15-2)17-12(18)19/h4-6H,3,14H2,1-2H3,(H,15,17,19). The maximum Gasteiger partial charge on any atom is 0.356 e. The van der Waals surface area contributed by atoms with Gasteiger partial charge >= 0.3 is 5.69 Å². The van der Waals surface area contributed by atoms with E-state index in [9.17, 15) is 4.79 Å². The van der Waals surface area contributed by atoms with Crippen LogP contribution in [0.15, 0.2) is 23.3 Å². The van der Waals surface area contributed by atoms with E-state index >= 15 is 0 Å². The summed E-state index contributed by atoms with van der Waals surface area (Å²) < 4.78 is 1.32. The predicted octanol–water partition coefficient (Wildman–Crippen LogP) is 1.47. The highest BCUT2D eigenvalue weighted by molar-refractivity contribution is 6.32. The minimum absolute atomic E-state index is 0.269. The molecule has 2 aromatic rings. The zero-order valence-corrected chi connectivity index (χ0v) is 11.4. The summed E-state index contributed by atoms with van der Waals surface area (Å²) in [6.07, 6.45) is 2.10. The first kappa shape index (κ1) is 13.4. The van der Waals surface area contributed by atoms with E-state index in [1.165, 1.54) is 10.9 Å². The average molecular weight is 280 g/mol. The van der Waals surface area contributed by atoms with E-state index in [4.69, 9.17) is 17.3 Å². The number of aromatic nitrogens is 3. The first-order chi connectivity index (χ1) is 9.06. The Labute approximate surface area is 115 Å². The lowest BCUT2D eigenvalue weighted by molar-refractivity contribution is 0.851. The third-order valence-corrected chi connectivity index (χ3v) is 3.00. The molecule has 6 nitrogen and oxygen atoms in total. The fourth-order valence-corrected chi connectivity index (χ4v) is 2.17. The van der Waals surface area contributed by atoms with Gasteiger partial charge in [-0.25, -0.2) is 14.3 Å². The topological polar surface area (TPSA) is 85.8 Å². The van der Waals surface area contributed by atoms with Gasteiger partial charge < -0.3 is 11.1 Å². The van der Waals surface area contributed by atoms with Crippen LogP contribution in [0.2, 0.25) is 5.02 Å². The highest BCUT2D eigenvalue weighted by atomic mass is 35.5. The highest BCUT2D eigenvalue weighted by Crippen LogP contribution is 2.27. The first-order valence-electron chi connectivity index (χ1n) is 5.78. The normalized spacial score (nSPS) is 10.5. The predicted molar refractivity (Wildman–Crippen MR) is 76.0 cm³/mol. The van der Waals surface area contributed by atoms with Crippen LogP contribution in [0.1, 0.15) is 12.5 Å². The molecule has 0 atom stereocenters. The van der Waals surface area contributed by atoms with Crippen molar-refractivity contribution in [1.82, 2.24) is 14.5 Å². The van der Waals surface area contributed by atoms with Crippen LogP contribution in [0.3, 0.4) is 0 Å². The summed E-state index contributed by atoms with van der Waals surface area (Å²) in [4.78, 5) is 19.8. The SMILES string of the molecule is CCc1cc(N)cc(Cl)c1-n1cnc(NC)nc1=O. The summed E-state index contributed by atoms with van der Waals surface area (Å²) in [6.45, 7) is 1.96. The number of aryl methyl sites for hydroxylation is 1. The molecule has 0 amide bonds. The molecule has 0 bridgehead atoms. The van der Waals surface area contributed by atoms with Crippen LogP contribution >= 0.6 is 11.6 Å². The lowest BCUT2D eigenvalue weighted by Gasteiger charge is -2.13. The number of hydrogen-bond acceptors (Lipinski definition) is 5. The van der Waals surface area contributed by atoms with Crippen molar-refractivity contribution in [3.63, 3.8) is 0 Å². The molecular weight excluding hydrogens is 266 g/mol. The van der Waals surface area contributed by atoms with E-state index in [0.717, 1.165) is 5.56 Å². The minimum atomic E-state index is -0.444. The molecule has 0 aliphatic carbocycles. The van der Waals surface area contributed by atoms with Gasteiger partial charge in [-0.2, -0.15) is 4.98 Å². The zero-order valence-electron chi connectivity index (χ0n) is 10.6. The van der Waals surface area contributed by atoms with Crippen LogP contribution in [-0.4, -0.2) is 21.6 Å². The first-order valence-corrected chi connectivity index (χ1v) is 6.16. The number of halogens is 1. The largest absolute Gasteiger partial charge is 0.399 e. The summed E-state index contributed by atoms with van der Waals surface area (Å²) in [5, 5.41) is 3.11. The van der Waals surface area contributed by atoms with Crippen molar-refractivity contribution in [2.45, 2.75) is 13.3 Å². The van der Waals surface area contributed by atoms with E-state index in [1.54, 1.807) is 19.2 Å². The number of nitrogens with two attached hydrogens (primary N) is 1. The lowest BCUT2D eigenvalue weighted by atomic mass is 10.1. The summed E-state index contributed by atoms with van der Waals surface area (Å²) in [5.74, 6) is 0.269. The van der Waals surface area contributed by atoms with E-state index in [-0.39, 0.29) is 5.95 Å². The fraction of sp³-hybridized carbons (Fsp3) is 0.250. The Morgan fingerprint density at radius 2 is 2.21 bits per heavy atom. The van der Waals surface area contributed by atoms with E-state index in [2.05, 4.69) is 15.3 Å². The molecule has 0 unspecified atom stereocenters. The number of nitrogens with zero attached hydrogens (tertiary/aromatic N) is 3. The molecule has 3 N–H and O–H groups in total. The number of nitrogens with one attached hydrogen (secondary N) is 1. The zero-order chi connectivity index (χ0) is 14.0. The van der Waals surface area contributed by atoms with Crippen molar-refractivity contribution in [3.8, 4) is 5.69 Å². The van der Waals surface area contributed by atoms with Gasteiger partial charge in [-0.1, -0.05) is 18.5 Å². The van der Waals surface area contributed by atoms with Gasteiger partial charge in [-0.3, -0.25) is 0 Å². The fourth-order valence-electron chi connectivity index (χ4n) is 1.83. The Bertz CT molecular complexity index is 668. The van der Waals surface area contributed by atoms with Gasteiger partial charge in [-0.05, 0) is 24.1 Å². The minimum Gasteiger partial charge on any atom is -0.399 e. The summed E-state index contributed by atoms with van der Waals surface area (Å²) in [6, 6.07) is 3.40. The van der Waals surface area contributed by atoms with Crippen molar-refractivity contribution in [3.05, 3.63) is 39.5 Å². The molecule has 0 spiro atoms. The van der Waals surface area contributed by atoms with E-state index in [0.29, 0.717) is 22.8 Å². The third kappa shape index (κ3) is 2.53. The van der Waals surface area contributed by atoms with Gasteiger partial charge in [0.1, 0.15) is 6.33 Å². The van der Waals surface area contributed by atoms with Crippen LogP contribution in [0, 0.1) is 0 Å². The molecule has 0 radical (unpaired) electrons. The monoisotopic (exact) mass is 279 g/mol. The molecule has 1 heterocycles.